The number of ether oxygens (including phenoxy) is 1. The summed E-state index contributed by atoms with van der Waals surface area (Å²) in [5, 5.41) is 4.26. The lowest BCUT2D eigenvalue weighted by molar-refractivity contribution is 0.110. The average molecular weight is 267 g/mol. The molecule has 1 aromatic heterocycles. The molecular weight excluding hydrogens is 255 g/mol. The van der Waals surface area contributed by atoms with Gasteiger partial charge < -0.3 is 10.1 Å². The van der Waals surface area contributed by atoms with Crippen LogP contribution < -0.4 is 5.32 Å². The van der Waals surface area contributed by atoms with E-state index in [9.17, 15) is 4.39 Å². The van der Waals surface area contributed by atoms with Crippen LogP contribution in [0.4, 0.5) is 10.1 Å². The fourth-order valence-corrected chi connectivity index (χ4v) is 2.68. The van der Waals surface area contributed by atoms with E-state index in [-0.39, 0.29) is 5.82 Å². The van der Waals surface area contributed by atoms with Gasteiger partial charge in [-0.05, 0) is 6.07 Å². The summed E-state index contributed by atoms with van der Waals surface area (Å²) in [5.74, 6) is -0.367. The zero-order chi connectivity index (χ0) is 12.7. The van der Waals surface area contributed by atoms with E-state index in [2.05, 4.69) is 10.3 Å². The number of fused-ring (bicyclic) bond motifs is 2. The molecular formula is C13H12ClFN2O. The third-order valence-corrected chi connectivity index (χ3v) is 3.47. The van der Waals surface area contributed by atoms with Gasteiger partial charge in [0.15, 0.2) is 0 Å². The molecule has 0 aliphatic carbocycles. The van der Waals surface area contributed by atoms with Gasteiger partial charge in [-0.2, -0.15) is 0 Å². The van der Waals surface area contributed by atoms with E-state index in [1.165, 1.54) is 12.1 Å². The SMILES string of the molecule is CNc1c2c(nc3cc(F)cc(Cl)c13)CCOC2. The zero-order valence-corrected chi connectivity index (χ0v) is 10.6. The smallest absolute Gasteiger partial charge is 0.126 e. The molecule has 1 aliphatic heterocycles. The van der Waals surface area contributed by atoms with Crippen LogP contribution in [0.2, 0.25) is 5.02 Å². The van der Waals surface area contributed by atoms with Crippen LogP contribution in [0.25, 0.3) is 10.9 Å². The summed E-state index contributed by atoms with van der Waals surface area (Å²) >= 11 is 6.13. The fourth-order valence-electron chi connectivity index (χ4n) is 2.38. The number of hydrogen-bond donors (Lipinski definition) is 1. The van der Waals surface area contributed by atoms with Gasteiger partial charge in [0, 0.05) is 30.5 Å². The maximum Gasteiger partial charge on any atom is 0.126 e. The topological polar surface area (TPSA) is 34.2 Å². The summed E-state index contributed by atoms with van der Waals surface area (Å²) in [7, 11) is 1.82. The summed E-state index contributed by atoms with van der Waals surface area (Å²) in [6.07, 6.45) is 0.744. The second kappa shape index (κ2) is 4.37. The molecule has 1 aliphatic rings. The Bertz CT molecular complexity index is 630. The van der Waals surface area contributed by atoms with Crippen molar-refractivity contribution >= 4 is 28.2 Å². The average Bonchev–Trinajstić information content (AvgIpc) is 2.35. The van der Waals surface area contributed by atoms with Gasteiger partial charge in [-0.25, -0.2) is 4.39 Å². The molecule has 0 radical (unpaired) electrons. The Morgan fingerprint density at radius 3 is 3.06 bits per heavy atom. The Kier molecular flexibility index (Phi) is 2.84. The predicted molar refractivity (Wildman–Crippen MR) is 69.6 cm³/mol. The van der Waals surface area contributed by atoms with Crippen molar-refractivity contribution in [2.24, 2.45) is 0 Å². The lowest BCUT2D eigenvalue weighted by Gasteiger charge is -2.21. The van der Waals surface area contributed by atoms with E-state index in [0.717, 1.165) is 28.8 Å². The van der Waals surface area contributed by atoms with Crippen molar-refractivity contribution in [2.75, 3.05) is 19.0 Å². The molecule has 2 aromatic rings. The van der Waals surface area contributed by atoms with Gasteiger partial charge >= 0.3 is 0 Å². The highest BCUT2D eigenvalue weighted by Gasteiger charge is 2.19. The highest BCUT2D eigenvalue weighted by molar-refractivity contribution is 6.36. The summed E-state index contributed by atoms with van der Waals surface area (Å²) in [4.78, 5) is 4.50. The van der Waals surface area contributed by atoms with Crippen molar-refractivity contribution in [3.05, 3.63) is 34.2 Å². The van der Waals surface area contributed by atoms with Gasteiger partial charge in [-0.3, -0.25) is 4.98 Å². The van der Waals surface area contributed by atoms with E-state index < -0.39 is 0 Å². The maximum atomic E-state index is 13.4. The maximum absolute atomic E-state index is 13.4. The molecule has 0 atom stereocenters. The van der Waals surface area contributed by atoms with Gasteiger partial charge in [0.05, 0.1) is 35.1 Å². The first-order valence-electron chi connectivity index (χ1n) is 5.76. The van der Waals surface area contributed by atoms with E-state index in [4.69, 9.17) is 16.3 Å². The minimum atomic E-state index is -0.367. The largest absolute Gasteiger partial charge is 0.387 e. The predicted octanol–water partition coefficient (Wildman–Crippen LogP) is 3.14. The molecule has 0 saturated heterocycles. The summed E-state index contributed by atoms with van der Waals surface area (Å²) in [6, 6.07) is 2.72. The number of rotatable bonds is 1. The molecule has 3 rings (SSSR count). The van der Waals surface area contributed by atoms with Crippen LogP contribution in [0.15, 0.2) is 12.1 Å². The molecule has 94 valence electrons. The number of hydrogen-bond acceptors (Lipinski definition) is 3. The van der Waals surface area contributed by atoms with Gasteiger partial charge in [0.25, 0.3) is 0 Å². The first-order chi connectivity index (χ1) is 8.70. The first-order valence-corrected chi connectivity index (χ1v) is 6.14. The van der Waals surface area contributed by atoms with Gasteiger partial charge in [-0.1, -0.05) is 11.6 Å². The molecule has 1 aromatic carbocycles. The van der Waals surface area contributed by atoms with E-state index >= 15 is 0 Å². The van der Waals surface area contributed by atoms with Crippen LogP contribution in [-0.4, -0.2) is 18.6 Å². The van der Waals surface area contributed by atoms with Gasteiger partial charge in [0.1, 0.15) is 5.82 Å². The molecule has 0 unspecified atom stereocenters. The molecule has 2 heterocycles. The van der Waals surface area contributed by atoms with Crippen LogP contribution in [0.1, 0.15) is 11.3 Å². The Hall–Kier alpha value is -1.39. The van der Waals surface area contributed by atoms with E-state index in [1.807, 2.05) is 7.05 Å². The highest BCUT2D eigenvalue weighted by atomic mass is 35.5. The Morgan fingerprint density at radius 1 is 1.44 bits per heavy atom. The third kappa shape index (κ3) is 1.72. The monoisotopic (exact) mass is 266 g/mol. The Labute approximate surface area is 109 Å². The van der Waals surface area contributed by atoms with Gasteiger partial charge in [0.2, 0.25) is 0 Å². The fraction of sp³-hybridized carbons (Fsp3) is 0.308. The van der Waals surface area contributed by atoms with Crippen molar-refractivity contribution in [1.82, 2.24) is 4.98 Å². The standard InChI is InChI=1S/C13H12ClFN2O/c1-16-13-8-6-18-3-2-10(8)17-11-5-7(15)4-9(14)12(11)13/h4-5H,2-3,6H2,1H3,(H,16,17). The third-order valence-electron chi connectivity index (χ3n) is 3.17. The van der Waals surface area contributed by atoms with Crippen LogP contribution >= 0.6 is 11.6 Å². The Balaban J connectivity index is 2.40. The number of halogens is 2. The van der Waals surface area contributed by atoms with Crippen molar-refractivity contribution in [2.45, 2.75) is 13.0 Å². The van der Waals surface area contributed by atoms with Gasteiger partial charge in [-0.15, -0.1) is 0 Å². The minimum Gasteiger partial charge on any atom is -0.387 e. The molecule has 0 bridgehead atoms. The number of anilines is 1. The number of nitrogens with one attached hydrogen (secondary N) is 1. The molecule has 0 amide bonds. The molecule has 18 heavy (non-hydrogen) atoms. The molecule has 1 N–H and O–H groups in total. The summed E-state index contributed by atoms with van der Waals surface area (Å²) in [5.41, 5.74) is 3.45. The second-order valence-corrected chi connectivity index (χ2v) is 4.65. The normalized spacial score (nSPS) is 14.6. The molecule has 0 spiro atoms. The van der Waals surface area contributed by atoms with Crippen LogP contribution in [0, 0.1) is 5.82 Å². The lowest BCUT2D eigenvalue weighted by atomic mass is 10.0. The first kappa shape index (κ1) is 11.7. The van der Waals surface area contributed by atoms with Crippen LogP contribution in [-0.2, 0) is 17.8 Å². The van der Waals surface area contributed by atoms with Crippen molar-refractivity contribution in [3.8, 4) is 0 Å². The van der Waals surface area contributed by atoms with Crippen LogP contribution in [0.3, 0.4) is 0 Å². The zero-order valence-electron chi connectivity index (χ0n) is 9.89. The summed E-state index contributed by atoms with van der Waals surface area (Å²) < 4.78 is 18.8. The minimum absolute atomic E-state index is 0.367. The van der Waals surface area contributed by atoms with Crippen LogP contribution in [0.5, 0.6) is 0 Å². The number of aromatic nitrogens is 1. The van der Waals surface area contributed by atoms with Crippen molar-refractivity contribution in [3.63, 3.8) is 0 Å². The number of pyridine rings is 1. The number of nitrogens with zero attached hydrogens (tertiary/aromatic N) is 1. The Morgan fingerprint density at radius 2 is 2.28 bits per heavy atom. The molecule has 0 saturated carbocycles. The molecule has 5 heteroatoms. The van der Waals surface area contributed by atoms with Crippen molar-refractivity contribution < 1.29 is 9.13 Å². The highest BCUT2D eigenvalue weighted by Crippen LogP contribution is 2.36. The van der Waals surface area contributed by atoms with E-state index in [1.54, 1.807) is 0 Å². The molecule has 0 fully saturated rings. The number of benzene rings is 1. The lowest BCUT2D eigenvalue weighted by Crippen LogP contribution is -2.14. The van der Waals surface area contributed by atoms with Crippen molar-refractivity contribution in [1.29, 1.82) is 0 Å². The quantitative estimate of drug-likeness (QED) is 0.861. The summed E-state index contributed by atoms with van der Waals surface area (Å²) in [6.45, 7) is 1.17. The molecule has 3 nitrogen and oxygen atoms in total. The second-order valence-electron chi connectivity index (χ2n) is 4.25. The van der Waals surface area contributed by atoms with E-state index in [0.29, 0.717) is 23.8 Å².